The van der Waals surface area contributed by atoms with E-state index in [1.54, 1.807) is 32.4 Å². The Morgan fingerprint density at radius 2 is 1.83 bits per heavy atom. The van der Waals surface area contributed by atoms with Gasteiger partial charge < -0.3 is 29.4 Å². The molecule has 13 nitrogen and oxygen atoms in total. The lowest BCUT2D eigenvalue weighted by Crippen LogP contribution is -2.37. The van der Waals surface area contributed by atoms with Crippen molar-refractivity contribution in [2.75, 3.05) is 33.5 Å². The normalized spacial score (nSPS) is 12.4. The van der Waals surface area contributed by atoms with Gasteiger partial charge in [0.15, 0.2) is 11.8 Å². The molecule has 1 unspecified atom stereocenters. The van der Waals surface area contributed by atoms with Gasteiger partial charge in [-0.1, -0.05) is 26.8 Å². The molecule has 2 N–H and O–H groups in total. The number of aromatic nitrogens is 5. The number of pyridine rings is 1. The third-order valence-electron chi connectivity index (χ3n) is 6.08. The van der Waals surface area contributed by atoms with Crippen molar-refractivity contribution >= 4 is 34.8 Å². The first-order valence-corrected chi connectivity index (χ1v) is 13.6. The van der Waals surface area contributed by atoms with Crippen molar-refractivity contribution in [1.82, 2.24) is 34.3 Å². The zero-order valence-corrected chi connectivity index (χ0v) is 25.5. The number of aromatic amines is 1. The van der Waals surface area contributed by atoms with Crippen molar-refractivity contribution in [2.45, 2.75) is 59.6 Å². The number of hydrogen-bond acceptors (Lipinski definition) is 8. The molecule has 1 atom stereocenters. The quantitative estimate of drug-likeness (QED) is 0.347. The number of nitrogens with zero attached hydrogens (tertiary/aromatic N) is 6. The summed E-state index contributed by atoms with van der Waals surface area (Å²) in [5.41, 5.74) is 1.68. The van der Waals surface area contributed by atoms with E-state index >= 15 is 0 Å². The van der Waals surface area contributed by atoms with Crippen molar-refractivity contribution in [1.29, 1.82) is 0 Å². The first-order valence-electron chi connectivity index (χ1n) is 13.6. The van der Waals surface area contributed by atoms with Gasteiger partial charge >= 0.3 is 6.09 Å². The van der Waals surface area contributed by atoms with Crippen LogP contribution >= 0.6 is 0 Å². The molecule has 0 aliphatic heterocycles. The minimum atomic E-state index is -1.19. The molecule has 3 aromatic heterocycles. The van der Waals surface area contributed by atoms with Crippen LogP contribution < -0.4 is 10.9 Å². The van der Waals surface area contributed by atoms with Crippen LogP contribution in [0.15, 0.2) is 35.3 Å². The molecular weight excluding hydrogens is 540 g/mol. The predicted octanol–water partition coefficient (Wildman–Crippen LogP) is 2.89. The zero-order valence-electron chi connectivity index (χ0n) is 25.5. The van der Waals surface area contributed by atoms with Gasteiger partial charge in [-0.25, -0.2) is 19.7 Å². The average Bonchev–Trinajstić information content (AvgIpc) is 3.29. The van der Waals surface area contributed by atoms with Crippen LogP contribution in [0.5, 0.6) is 0 Å². The van der Waals surface area contributed by atoms with Crippen molar-refractivity contribution < 1.29 is 19.1 Å². The molecule has 13 heteroatoms. The van der Waals surface area contributed by atoms with Gasteiger partial charge in [-0.3, -0.25) is 14.4 Å². The maximum atomic E-state index is 13.3. The first kappa shape index (κ1) is 32.0. The maximum Gasteiger partial charge on any atom is 0.410 e. The van der Waals surface area contributed by atoms with Crippen molar-refractivity contribution in [3.63, 3.8) is 0 Å². The number of fused-ring (bicyclic) bond motifs is 1. The van der Waals surface area contributed by atoms with Gasteiger partial charge in [-0.05, 0) is 49.8 Å². The topological polar surface area (TPSA) is 155 Å². The number of anilines is 1. The fourth-order valence-electron chi connectivity index (χ4n) is 4.01. The molecule has 0 radical (unpaired) electrons. The number of carbonyl (C=O) groups excluding carboxylic acids is 3. The minimum Gasteiger partial charge on any atom is -0.436 e. The van der Waals surface area contributed by atoms with Gasteiger partial charge in [0.25, 0.3) is 11.5 Å². The van der Waals surface area contributed by atoms with Crippen LogP contribution in [0.4, 0.5) is 10.5 Å². The van der Waals surface area contributed by atoms with Crippen LogP contribution in [-0.2, 0) is 27.3 Å². The molecule has 0 saturated carbocycles. The first-order chi connectivity index (χ1) is 19.6. The van der Waals surface area contributed by atoms with E-state index in [1.165, 1.54) is 40.6 Å². The summed E-state index contributed by atoms with van der Waals surface area (Å²) in [4.78, 5) is 70.0. The van der Waals surface area contributed by atoms with Gasteiger partial charge in [0.05, 0.1) is 12.2 Å². The summed E-state index contributed by atoms with van der Waals surface area (Å²) in [6.07, 6.45) is 3.81. The number of allylic oxidation sites excluding steroid dienone is 1. The summed E-state index contributed by atoms with van der Waals surface area (Å²) in [6.45, 7) is 8.31. The fraction of sp³-hybridized carbons (Fsp3) is 0.483. The number of ether oxygens (including phenoxy) is 1. The van der Waals surface area contributed by atoms with E-state index in [1.807, 2.05) is 6.92 Å². The highest BCUT2D eigenvalue weighted by Gasteiger charge is 2.25. The van der Waals surface area contributed by atoms with E-state index in [4.69, 9.17) is 4.74 Å². The molecule has 3 heterocycles. The Bertz CT molecular complexity index is 1530. The fourth-order valence-corrected chi connectivity index (χ4v) is 4.01. The van der Waals surface area contributed by atoms with Crippen LogP contribution in [0.25, 0.3) is 11.2 Å². The largest absolute Gasteiger partial charge is 0.436 e. The van der Waals surface area contributed by atoms with Crippen LogP contribution in [0.3, 0.4) is 0 Å². The molecule has 42 heavy (non-hydrogen) atoms. The van der Waals surface area contributed by atoms with Gasteiger partial charge in [0, 0.05) is 34.4 Å². The predicted molar refractivity (Wildman–Crippen MR) is 159 cm³/mol. The summed E-state index contributed by atoms with van der Waals surface area (Å²) >= 11 is 0. The molecule has 3 amide bonds. The van der Waals surface area contributed by atoms with Crippen molar-refractivity contribution in [3.05, 3.63) is 58.2 Å². The molecule has 226 valence electrons. The molecule has 0 aliphatic rings. The van der Waals surface area contributed by atoms with Gasteiger partial charge in [-0.2, -0.15) is 0 Å². The average molecular weight is 581 g/mol. The third-order valence-corrected chi connectivity index (χ3v) is 6.08. The second kappa shape index (κ2) is 13.4. The smallest absolute Gasteiger partial charge is 0.410 e. The van der Waals surface area contributed by atoms with Crippen molar-refractivity contribution in [2.24, 2.45) is 5.41 Å². The Labute approximate surface area is 245 Å². The Kier molecular flexibility index (Phi) is 10.2. The summed E-state index contributed by atoms with van der Waals surface area (Å²) < 4.78 is 6.77. The Balaban J connectivity index is 1.80. The number of imidazole rings is 1. The van der Waals surface area contributed by atoms with Gasteiger partial charge in [0.2, 0.25) is 5.91 Å². The zero-order chi connectivity index (χ0) is 31.2. The lowest BCUT2D eigenvalue weighted by molar-refractivity contribution is -0.125. The number of H-pyrrole nitrogens is 1. The third kappa shape index (κ3) is 8.72. The van der Waals surface area contributed by atoms with Crippen molar-refractivity contribution in [3.8, 4) is 0 Å². The lowest BCUT2D eigenvalue weighted by atomic mass is 9.90. The van der Waals surface area contributed by atoms with Crippen LogP contribution in [-0.4, -0.2) is 86.5 Å². The van der Waals surface area contributed by atoms with E-state index in [0.717, 1.165) is 17.6 Å². The number of carbonyl (C=O) groups is 3. The molecule has 3 rings (SSSR count). The van der Waals surface area contributed by atoms with Crippen LogP contribution in [0.1, 0.15) is 51.0 Å². The van der Waals surface area contributed by atoms with Gasteiger partial charge in [0.1, 0.15) is 22.9 Å². The summed E-state index contributed by atoms with van der Waals surface area (Å²) in [5, 5.41) is 2.60. The highest BCUT2D eigenvalue weighted by molar-refractivity contribution is 5.95. The maximum absolute atomic E-state index is 13.3. The number of rotatable bonds is 10. The summed E-state index contributed by atoms with van der Waals surface area (Å²) in [6, 6.07) is 3.11. The second-order valence-electron chi connectivity index (χ2n) is 11.7. The Morgan fingerprint density at radius 1 is 1.12 bits per heavy atom. The molecule has 0 aromatic carbocycles. The SMILES string of the molecule is Cc1nc(CC(C)(C)C)c2[nH]c(Cn3cccc(NC(=O)C(CCC=CC(=O)N(C)C)OC(=O)N(C)C)c3=O)nc2n1. The van der Waals surface area contributed by atoms with Crippen LogP contribution in [0.2, 0.25) is 0 Å². The second-order valence-corrected chi connectivity index (χ2v) is 11.7. The Morgan fingerprint density at radius 3 is 2.48 bits per heavy atom. The lowest BCUT2D eigenvalue weighted by Gasteiger charge is -2.19. The van der Waals surface area contributed by atoms with Crippen LogP contribution in [0, 0.1) is 12.3 Å². The van der Waals surface area contributed by atoms with E-state index < -0.39 is 23.7 Å². The number of likely N-dealkylation sites (N-methyl/N-ethyl adjacent to an activating group) is 1. The number of nitrogens with one attached hydrogen (secondary N) is 2. The molecule has 3 aromatic rings. The number of hydrogen-bond donors (Lipinski definition) is 2. The summed E-state index contributed by atoms with van der Waals surface area (Å²) in [7, 11) is 6.25. The van der Waals surface area contributed by atoms with E-state index in [9.17, 15) is 19.2 Å². The van der Waals surface area contributed by atoms with E-state index in [2.05, 4.69) is 46.0 Å². The minimum absolute atomic E-state index is 0.00113. The molecule has 0 saturated heterocycles. The van der Waals surface area contributed by atoms with Gasteiger partial charge in [-0.15, -0.1) is 0 Å². The Hall–Kier alpha value is -4.55. The highest BCUT2D eigenvalue weighted by Crippen LogP contribution is 2.24. The highest BCUT2D eigenvalue weighted by atomic mass is 16.6. The van der Waals surface area contributed by atoms with E-state index in [0.29, 0.717) is 23.7 Å². The molecule has 0 bridgehead atoms. The molecular formula is C29H40N8O5. The number of aryl methyl sites for hydroxylation is 1. The molecule has 0 aliphatic carbocycles. The monoisotopic (exact) mass is 580 g/mol. The molecule has 0 spiro atoms. The number of amides is 3. The molecule has 0 fully saturated rings. The summed E-state index contributed by atoms with van der Waals surface area (Å²) in [5.74, 6) is 0.269. The van der Waals surface area contributed by atoms with E-state index in [-0.39, 0.29) is 30.0 Å². The standard InChI is InChI=1S/C29H40N8O5/c1-18-30-20(16-29(2,3)4)24-25(31-18)34-22(33-24)17-37-15-11-12-19(27(37)40)32-26(39)21(42-28(41)36(7)8)13-9-10-14-23(38)35(5)6/h10-12,14-15,21H,9,13,16-17H2,1-8H3,(H,32,39)(H,30,31,33,34).